The SMILES string of the molecule is COC(=O)c1cc2cc(NC(=O)CN(C3CCCCC3)S(=O)(=O)c3ccc(Br)cc3)ccc2s1. The van der Waals surface area contributed by atoms with E-state index in [4.69, 9.17) is 4.74 Å². The standard InChI is InChI=1S/C24H25BrN2O5S2/c1-32-24(29)22-14-16-13-18(9-12-21(16)33-22)26-23(28)15-27(19-5-3-2-4-6-19)34(30,31)20-10-7-17(25)8-11-20/h7-14,19H,2-6,15H2,1H3,(H,26,28). The molecule has 0 saturated heterocycles. The number of nitrogens with one attached hydrogen (secondary N) is 1. The Bertz CT molecular complexity index is 1300. The van der Waals surface area contributed by atoms with E-state index in [0.717, 1.165) is 46.7 Å². The molecule has 0 aliphatic heterocycles. The number of methoxy groups -OCH3 is 1. The van der Waals surface area contributed by atoms with Gasteiger partial charge in [-0.1, -0.05) is 35.2 Å². The van der Waals surface area contributed by atoms with Crippen LogP contribution in [-0.4, -0.2) is 44.3 Å². The first-order valence-corrected chi connectivity index (χ1v) is 14.0. The van der Waals surface area contributed by atoms with E-state index >= 15 is 0 Å². The van der Waals surface area contributed by atoms with Crippen LogP contribution < -0.4 is 5.32 Å². The molecule has 1 aromatic heterocycles. The van der Waals surface area contributed by atoms with Gasteiger partial charge in [-0.05, 0) is 66.8 Å². The molecule has 7 nitrogen and oxygen atoms in total. The number of anilines is 1. The molecule has 0 atom stereocenters. The number of rotatable bonds is 7. The van der Waals surface area contributed by atoms with Crippen molar-refractivity contribution in [2.45, 2.75) is 43.0 Å². The number of benzene rings is 2. The lowest BCUT2D eigenvalue weighted by molar-refractivity contribution is -0.116. The van der Waals surface area contributed by atoms with Crippen LogP contribution in [0.3, 0.4) is 0 Å². The van der Waals surface area contributed by atoms with Crippen molar-refractivity contribution in [3.8, 4) is 0 Å². The van der Waals surface area contributed by atoms with Crippen LogP contribution in [0.25, 0.3) is 10.1 Å². The van der Waals surface area contributed by atoms with Gasteiger partial charge in [-0.3, -0.25) is 4.79 Å². The first-order chi connectivity index (χ1) is 16.3. The minimum Gasteiger partial charge on any atom is -0.465 e. The molecule has 10 heteroatoms. The third kappa shape index (κ3) is 5.51. The summed E-state index contributed by atoms with van der Waals surface area (Å²) in [4.78, 5) is 25.4. The second kappa shape index (κ2) is 10.6. The highest BCUT2D eigenvalue weighted by Crippen LogP contribution is 2.30. The Hall–Kier alpha value is -2.27. The largest absolute Gasteiger partial charge is 0.465 e. The molecule has 34 heavy (non-hydrogen) atoms. The predicted octanol–water partition coefficient (Wildman–Crippen LogP) is 5.41. The number of amides is 1. The van der Waals surface area contributed by atoms with Gasteiger partial charge in [0, 0.05) is 20.9 Å². The Balaban J connectivity index is 1.55. The summed E-state index contributed by atoms with van der Waals surface area (Å²) in [6.45, 7) is -0.266. The molecule has 2 aromatic carbocycles. The zero-order valence-corrected chi connectivity index (χ0v) is 21.8. The van der Waals surface area contributed by atoms with E-state index in [2.05, 4.69) is 21.2 Å². The van der Waals surface area contributed by atoms with Crippen molar-refractivity contribution in [1.82, 2.24) is 4.31 Å². The van der Waals surface area contributed by atoms with Crippen molar-refractivity contribution in [2.24, 2.45) is 0 Å². The molecule has 1 aliphatic carbocycles. The van der Waals surface area contributed by atoms with Crippen molar-refractivity contribution in [3.63, 3.8) is 0 Å². The molecule has 1 saturated carbocycles. The number of hydrogen-bond donors (Lipinski definition) is 1. The smallest absolute Gasteiger partial charge is 0.348 e. The second-order valence-corrected chi connectivity index (χ2v) is 12.1. The summed E-state index contributed by atoms with van der Waals surface area (Å²) in [6, 6.07) is 13.3. The van der Waals surface area contributed by atoms with Crippen molar-refractivity contribution in [3.05, 3.63) is 57.9 Å². The molecule has 1 amide bonds. The average molecular weight is 566 g/mol. The Morgan fingerprint density at radius 3 is 2.47 bits per heavy atom. The third-order valence-corrected chi connectivity index (χ3v) is 9.43. The molecule has 1 fully saturated rings. The zero-order valence-electron chi connectivity index (χ0n) is 18.6. The Morgan fingerprint density at radius 2 is 1.79 bits per heavy atom. The van der Waals surface area contributed by atoms with Crippen molar-refractivity contribution >= 4 is 64.9 Å². The first-order valence-electron chi connectivity index (χ1n) is 11.0. The highest BCUT2D eigenvalue weighted by Gasteiger charge is 2.34. The van der Waals surface area contributed by atoms with Gasteiger partial charge in [0.05, 0.1) is 18.6 Å². The minimum atomic E-state index is -3.85. The van der Waals surface area contributed by atoms with Gasteiger partial charge in [0.1, 0.15) is 4.88 Å². The molecule has 1 N–H and O–H groups in total. The monoisotopic (exact) mass is 564 g/mol. The molecule has 180 valence electrons. The summed E-state index contributed by atoms with van der Waals surface area (Å²) in [5.74, 6) is -0.818. The van der Waals surface area contributed by atoms with Crippen LogP contribution in [0.4, 0.5) is 5.69 Å². The van der Waals surface area contributed by atoms with E-state index in [1.165, 1.54) is 22.8 Å². The Kier molecular flexibility index (Phi) is 7.71. The van der Waals surface area contributed by atoms with E-state index < -0.39 is 21.9 Å². The van der Waals surface area contributed by atoms with Crippen molar-refractivity contribution < 1.29 is 22.7 Å². The van der Waals surface area contributed by atoms with Crippen molar-refractivity contribution in [2.75, 3.05) is 19.0 Å². The Morgan fingerprint density at radius 1 is 1.09 bits per heavy atom. The summed E-state index contributed by atoms with van der Waals surface area (Å²) in [5, 5.41) is 3.63. The predicted molar refractivity (Wildman–Crippen MR) is 137 cm³/mol. The van der Waals surface area contributed by atoms with Crippen LogP contribution in [-0.2, 0) is 19.6 Å². The molecular formula is C24H25BrN2O5S2. The maximum absolute atomic E-state index is 13.5. The average Bonchev–Trinajstić information content (AvgIpc) is 3.26. The van der Waals surface area contributed by atoms with Gasteiger partial charge in [-0.25, -0.2) is 13.2 Å². The fraction of sp³-hybridized carbons (Fsp3) is 0.333. The highest BCUT2D eigenvalue weighted by molar-refractivity contribution is 9.10. The lowest BCUT2D eigenvalue weighted by atomic mass is 9.95. The van der Waals surface area contributed by atoms with Gasteiger partial charge in [-0.15, -0.1) is 11.3 Å². The lowest BCUT2D eigenvalue weighted by Crippen LogP contribution is -2.45. The van der Waals surface area contributed by atoms with Crippen LogP contribution in [0, 0.1) is 0 Å². The number of sulfonamides is 1. The summed E-state index contributed by atoms with van der Waals surface area (Å²) in [5.41, 5.74) is 0.538. The lowest BCUT2D eigenvalue weighted by Gasteiger charge is -2.33. The zero-order chi connectivity index (χ0) is 24.3. The Labute approximate surface area is 211 Å². The number of ether oxygens (including phenoxy) is 1. The first kappa shape index (κ1) is 24.8. The normalized spacial score (nSPS) is 14.9. The van der Waals surface area contributed by atoms with Crippen LogP contribution in [0.2, 0.25) is 0 Å². The second-order valence-electron chi connectivity index (χ2n) is 8.20. The molecule has 0 bridgehead atoms. The van der Waals surface area contributed by atoms with E-state index in [0.29, 0.717) is 10.6 Å². The number of fused-ring (bicyclic) bond motifs is 1. The van der Waals surface area contributed by atoms with Gasteiger partial charge in [0.25, 0.3) is 0 Å². The van der Waals surface area contributed by atoms with E-state index in [-0.39, 0.29) is 17.5 Å². The van der Waals surface area contributed by atoms with E-state index in [1.54, 1.807) is 42.5 Å². The topological polar surface area (TPSA) is 92.8 Å². The van der Waals surface area contributed by atoms with Gasteiger partial charge >= 0.3 is 5.97 Å². The molecule has 1 aliphatic rings. The van der Waals surface area contributed by atoms with E-state index in [9.17, 15) is 18.0 Å². The fourth-order valence-electron chi connectivity index (χ4n) is 4.19. The summed E-state index contributed by atoms with van der Waals surface area (Å²) in [6.07, 6.45) is 4.43. The van der Waals surface area contributed by atoms with Gasteiger partial charge in [0.2, 0.25) is 15.9 Å². The quantitative estimate of drug-likeness (QED) is 0.387. The number of carbonyl (C=O) groups is 2. The highest BCUT2D eigenvalue weighted by atomic mass is 79.9. The number of nitrogens with zero attached hydrogens (tertiary/aromatic N) is 1. The molecular weight excluding hydrogens is 540 g/mol. The number of carbonyl (C=O) groups excluding carboxylic acids is 2. The summed E-state index contributed by atoms with van der Waals surface area (Å²) in [7, 11) is -2.51. The number of hydrogen-bond acceptors (Lipinski definition) is 6. The fourth-order valence-corrected chi connectivity index (χ4v) is 7.05. The molecule has 3 aromatic rings. The molecule has 0 unspecified atom stereocenters. The van der Waals surface area contributed by atoms with Gasteiger partial charge < -0.3 is 10.1 Å². The van der Waals surface area contributed by atoms with Crippen LogP contribution in [0.5, 0.6) is 0 Å². The molecule has 0 spiro atoms. The third-order valence-electron chi connectivity index (χ3n) is 5.89. The minimum absolute atomic E-state index is 0.170. The molecule has 1 heterocycles. The number of halogens is 1. The maximum atomic E-state index is 13.5. The summed E-state index contributed by atoms with van der Waals surface area (Å²) >= 11 is 4.65. The summed E-state index contributed by atoms with van der Waals surface area (Å²) < 4.78 is 34.8. The van der Waals surface area contributed by atoms with Gasteiger partial charge in [0.15, 0.2) is 0 Å². The maximum Gasteiger partial charge on any atom is 0.348 e. The number of esters is 1. The van der Waals surface area contributed by atoms with Crippen LogP contribution in [0.15, 0.2) is 57.9 Å². The van der Waals surface area contributed by atoms with Gasteiger partial charge in [-0.2, -0.15) is 4.31 Å². The van der Waals surface area contributed by atoms with Crippen molar-refractivity contribution in [1.29, 1.82) is 0 Å². The van der Waals surface area contributed by atoms with E-state index in [1.807, 2.05) is 6.07 Å². The molecule has 0 radical (unpaired) electrons. The van der Waals surface area contributed by atoms with Crippen LogP contribution in [0.1, 0.15) is 41.8 Å². The number of thiophene rings is 1. The molecule has 4 rings (SSSR count). The van der Waals surface area contributed by atoms with Crippen LogP contribution >= 0.6 is 27.3 Å².